The van der Waals surface area contributed by atoms with Crippen LogP contribution >= 0.6 is 0 Å². The van der Waals surface area contributed by atoms with Crippen molar-refractivity contribution in [2.75, 3.05) is 7.05 Å². The van der Waals surface area contributed by atoms with Crippen LogP contribution in [0.4, 0.5) is 4.39 Å². The van der Waals surface area contributed by atoms with Gasteiger partial charge in [-0.25, -0.2) is 4.39 Å². The van der Waals surface area contributed by atoms with Gasteiger partial charge in [-0.3, -0.25) is 4.98 Å². The Labute approximate surface area is 101 Å². The van der Waals surface area contributed by atoms with E-state index in [-0.39, 0.29) is 11.9 Å². The smallest absolute Gasteiger partial charge is 0.123 e. The van der Waals surface area contributed by atoms with E-state index >= 15 is 0 Å². The maximum Gasteiger partial charge on any atom is 0.123 e. The van der Waals surface area contributed by atoms with Crippen LogP contribution in [0.5, 0.6) is 0 Å². The molecule has 0 radical (unpaired) electrons. The van der Waals surface area contributed by atoms with Gasteiger partial charge in [-0.05, 0) is 48.9 Å². The van der Waals surface area contributed by atoms with Crippen molar-refractivity contribution >= 4 is 0 Å². The largest absolute Gasteiger partial charge is 0.313 e. The van der Waals surface area contributed by atoms with Crippen LogP contribution in [0.25, 0.3) is 0 Å². The third kappa shape index (κ3) is 3.11. The Bertz CT molecular complexity index is 471. The number of pyridine rings is 1. The molecule has 2 aromatic rings. The Kier molecular flexibility index (Phi) is 3.83. The molecule has 1 heterocycles. The number of aromatic nitrogens is 1. The summed E-state index contributed by atoms with van der Waals surface area (Å²) in [5.41, 5.74) is 2.15. The lowest BCUT2D eigenvalue weighted by molar-refractivity contribution is 0.577. The summed E-state index contributed by atoms with van der Waals surface area (Å²) in [6.45, 7) is 0. The fourth-order valence-electron chi connectivity index (χ4n) is 1.86. The molecule has 0 bridgehead atoms. The second-order valence-corrected chi connectivity index (χ2v) is 3.96. The highest BCUT2D eigenvalue weighted by molar-refractivity contribution is 5.23. The van der Waals surface area contributed by atoms with Gasteiger partial charge in [0.15, 0.2) is 0 Å². The summed E-state index contributed by atoms with van der Waals surface area (Å²) in [6, 6.07) is 10.8. The monoisotopic (exact) mass is 230 g/mol. The van der Waals surface area contributed by atoms with Crippen LogP contribution in [0.1, 0.15) is 17.2 Å². The molecule has 0 amide bonds. The zero-order valence-electron chi connectivity index (χ0n) is 9.73. The molecule has 0 aliphatic carbocycles. The molecule has 2 nitrogen and oxygen atoms in total. The molecular weight excluding hydrogens is 215 g/mol. The van der Waals surface area contributed by atoms with E-state index in [2.05, 4.69) is 10.3 Å². The molecule has 2 rings (SSSR count). The molecule has 0 aliphatic rings. The molecule has 1 N–H and O–H groups in total. The first-order valence-corrected chi connectivity index (χ1v) is 5.61. The van der Waals surface area contributed by atoms with Gasteiger partial charge in [-0.2, -0.15) is 0 Å². The molecule has 1 unspecified atom stereocenters. The molecule has 0 spiro atoms. The SMILES string of the molecule is CNC(Cc1ccncc1)c1cccc(F)c1. The zero-order valence-corrected chi connectivity index (χ0v) is 9.73. The van der Waals surface area contributed by atoms with E-state index in [0.29, 0.717) is 0 Å². The van der Waals surface area contributed by atoms with Crippen LogP contribution in [0.15, 0.2) is 48.8 Å². The number of halogens is 1. The van der Waals surface area contributed by atoms with Crippen LogP contribution < -0.4 is 5.32 Å². The number of nitrogens with zero attached hydrogens (tertiary/aromatic N) is 1. The number of hydrogen-bond acceptors (Lipinski definition) is 2. The fraction of sp³-hybridized carbons (Fsp3) is 0.214. The summed E-state index contributed by atoms with van der Waals surface area (Å²) < 4.78 is 13.2. The molecule has 0 fully saturated rings. The van der Waals surface area contributed by atoms with E-state index in [1.54, 1.807) is 24.5 Å². The predicted octanol–water partition coefficient (Wildman–Crippen LogP) is 2.72. The van der Waals surface area contributed by atoms with E-state index in [1.807, 2.05) is 25.2 Å². The van der Waals surface area contributed by atoms with Crippen molar-refractivity contribution in [3.05, 3.63) is 65.7 Å². The average Bonchev–Trinajstić information content (AvgIpc) is 2.37. The number of benzene rings is 1. The molecule has 17 heavy (non-hydrogen) atoms. The van der Waals surface area contributed by atoms with Gasteiger partial charge >= 0.3 is 0 Å². The summed E-state index contributed by atoms with van der Waals surface area (Å²) in [4.78, 5) is 3.98. The van der Waals surface area contributed by atoms with Gasteiger partial charge in [-0.15, -0.1) is 0 Å². The Hall–Kier alpha value is -1.74. The van der Waals surface area contributed by atoms with Gasteiger partial charge in [0.2, 0.25) is 0 Å². The first kappa shape index (κ1) is 11.7. The first-order valence-electron chi connectivity index (χ1n) is 5.61. The van der Waals surface area contributed by atoms with Gasteiger partial charge in [0.25, 0.3) is 0 Å². The Morgan fingerprint density at radius 1 is 1.24 bits per heavy atom. The van der Waals surface area contributed by atoms with Crippen LogP contribution in [-0.4, -0.2) is 12.0 Å². The maximum absolute atomic E-state index is 13.2. The normalized spacial score (nSPS) is 12.4. The molecule has 3 heteroatoms. The zero-order chi connectivity index (χ0) is 12.1. The van der Waals surface area contributed by atoms with E-state index in [4.69, 9.17) is 0 Å². The standard InChI is InChI=1S/C14H15FN2/c1-16-14(9-11-5-7-17-8-6-11)12-3-2-4-13(15)10-12/h2-8,10,14,16H,9H2,1H3. The average molecular weight is 230 g/mol. The topological polar surface area (TPSA) is 24.9 Å². The number of hydrogen-bond donors (Lipinski definition) is 1. The second-order valence-electron chi connectivity index (χ2n) is 3.96. The van der Waals surface area contributed by atoms with Crippen molar-refractivity contribution in [1.29, 1.82) is 0 Å². The summed E-state index contributed by atoms with van der Waals surface area (Å²) in [6.07, 6.45) is 4.36. The Balaban J connectivity index is 2.17. The van der Waals surface area contributed by atoms with Gasteiger partial charge in [0.1, 0.15) is 5.82 Å². The van der Waals surface area contributed by atoms with E-state index < -0.39 is 0 Å². The minimum absolute atomic E-state index is 0.119. The number of rotatable bonds is 4. The lowest BCUT2D eigenvalue weighted by Gasteiger charge is -2.16. The number of likely N-dealkylation sites (N-methyl/N-ethyl adjacent to an activating group) is 1. The van der Waals surface area contributed by atoms with E-state index in [1.165, 1.54) is 11.6 Å². The third-order valence-electron chi connectivity index (χ3n) is 2.79. The van der Waals surface area contributed by atoms with Crippen LogP contribution in [0, 0.1) is 5.82 Å². The maximum atomic E-state index is 13.2. The van der Waals surface area contributed by atoms with Crippen LogP contribution in [0.2, 0.25) is 0 Å². The highest BCUT2D eigenvalue weighted by atomic mass is 19.1. The molecule has 0 saturated carbocycles. The summed E-state index contributed by atoms with van der Waals surface area (Å²) in [5.74, 6) is -0.197. The van der Waals surface area contributed by atoms with Crippen LogP contribution in [-0.2, 0) is 6.42 Å². The van der Waals surface area contributed by atoms with Gasteiger partial charge in [0.05, 0.1) is 0 Å². The van der Waals surface area contributed by atoms with Crippen molar-refractivity contribution < 1.29 is 4.39 Å². The molecule has 0 aliphatic heterocycles. The quantitative estimate of drug-likeness (QED) is 0.873. The molecule has 0 saturated heterocycles. The van der Waals surface area contributed by atoms with Gasteiger partial charge in [0, 0.05) is 18.4 Å². The van der Waals surface area contributed by atoms with Crippen molar-refractivity contribution in [3.63, 3.8) is 0 Å². The lowest BCUT2D eigenvalue weighted by atomic mass is 10.00. The summed E-state index contributed by atoms with van der Waals surface area (Å²) in [7, 11) is 1.89. The Morgan fingerprint density at radius 3 is 2.65 bits per heavy atom. The highest BCUT2D eigenvalue weighted by Gasteiger charge is 2.10. The van der Waals surface area contributed by atoms with E-state index in [0.717, 1.165) is 12.0 Å². The van der Waals surface area contributed by atoms with Crippen LogP contribution in [0.3, 0.4) is 0 Å². The molecule has 1 atom stereocenters. The second kappa shape index (κ2) is 5.55. The minimum atomic E-state index is -0.197. The highest BCUT2D eigenvalue weighted by Crippen LogP contribution is 2.18. The molecule has 88 valence electrons. The van der Waals surface area contributed by atoms with Crippen molar-refractivity contribution in [1.82, 2.24) is 10.3 Å². The fourth-order valence-corrected chi connectivity index (χ4v) is 1.86. The third-order valence-corrected chi connectivity index (χ3v) is 2.79. The number of nitrogens with one attached hydrogen (secondary N) is 1. The Morgan fingerprint density at radius 2 is 2.00 bits per heavy atom. The lowest BCUT2D eigenvalue weighted by Crippen LogP contribution is -2.18. The van der Waals surface area contributed by atoms with Crippen molar-refractivity contribution in [3.8, 4) is 0 Å². The predicted molar refractivity (Wildman–Crippen MR) is 66.1 cm³/mol. The van der Waals surface area contributed by atoms with Crippen molar-refractivity contribution in [2.24, 2.45) is 0 Å². The molecular formula is C14H15FN2. The summed E-state index contributed by atoms with van der Waals surface area (Å²) in [5, 5.41) is 3.21. The van der Waals surface area contributed by atoms with Gasteiger partial charge < -0.3 is 5.32 Å². The molecule has 1 aromatic heterocycles. The minimum Gasteiger partial charge on any atom is -0.313 e. The van der Waals surface area contributed by atoms with Crippen molar-refractivity contribution in [2.45, 2.75) is 12.5 Å². The van der Waals surface area contributed by atoms with E-state index in [9.17, 15) is 4.39 Å². The van der Waals surface area contributed by atoms with Gasteiger partial charge in [-0.1, -0.05) is 12.1 Å². The first-order chi connectivity index (χ1) is 8.29. The summed E-state index contributed by atoms with van der Waals surface area (Å²) >= 11 is 0. The molecule has 1 aromatic carbocycles.